The minimum absolute atomic E-state index is 0.420. The van der Waals surface area contributed by atoms with Gasteiger partial charge in [-0.1, -0.05) is 19.3 Å². The molecule has 0 radical (unpaired) electrons. The number of hydrogen-bond acceptors (Lipinski definition) is 2. The van der Waals surface area contributed by atoms with Gasteiger partial charge in [0, 0.05) is 6.04 Å². The van der Waals surface area contributed by atoms with Crippen molar-refractivity contribution in [1.29, 1.82) is 10.8 Å². The minimum atomic E-state index is 0.420. The van der Waals surface area contributed by atoms with Crippen LogP contribution in [0.1, 0.15) is 32.1 Å². The van der Waals surface area contributed by atoms with Crippen LogP contribution in [0.2, 0.25) is 0 Å². The number of nitrogens with zero attached hydrogens (tertiary/aromatic N) is 1. The lowest BCUT2D eigenvalue weighted by molar-refractivity contribution is 0.322. The van der Waals surface area contributed by atoms with E-state index in [1.807, 2.05) is 4.90 Å². The second-order valence-electron chi connectivity index (χ2n) is 3.77. The first kappa shape index (κ1) is 8.48. The van der Waals surface area contributed by atoms with Crippen molar-refractivity contribution in [3.8, 4) is 0 Å². The van der Waals surface area contributed by atoms with Gasteiger partial charge in [-0.2, -0.15) is 0 Å². The van der Waals surface area contributed by atoms with Crippen LogP contribution >= 0.6 is 0 Å². The van der Waals surface area contributed by atoms with E-state index in [2.05, 4.69) is 0 Å². The summed E-state index contributed by atoms with van der Waals surface area (Å²) >= 11 is 0. The fourth-order valence-corrected chi connectivity index (χ4v) is 2.18. The van der Waals surface area contributed by atoms with Crippen molar-refractivity contribution in [3.05, 3.63) is 12.2 Å². The van der Waals surface area contributed by atoms with Crippen molar-refractivity contribution >= 4 is 11.7 Å². The molecular formula is C10H15N3. The highest BCUT2D eigenvalue weighted by Crippen LogP contribution is 2.24. The first-order valence-electron chi connectivity index (χ1n) is 4.93. The summed E-state index contributed by atoms with van der Waals surface area (Å²) in [4.78, 5) is 1.86. The topological polar surface area (TPSA) is 50.9 Å². The molecule has 0 amide bonds. The summed E-state index contributed by atoms with van der Waals surface area (Å²) in [6, 6.07) is 0.420. The maximum atomic E-state index is 7.67. The van der Waals surface area contributed by atoms with Crippen LogP contribution in [-0.4, -0.2) is 22.6 Å². The monoisotopic (exact) mass is 177 g/mol. The minimum Gasteiger partial charge on any atom is -0.309 e. The number of amidine groups is 2. The SMILES string of the molecule is N=C1C=CC(=N)N1C1CCCCC1. The summed E-state index contributed by atoms with van der Waals surface area (Å²) < 4.78 is 0. The van der Waals surface area contributed by atoms with E-state index in [9.17, 15) is 0 Å². The molecule has 1 aliphatic carbocycles. The van der Waals surface area contributed by atoms with Gasteiger partial charge in [0.25, 0.3) is 0 Å². The van der Waals surface area contributed by atoms with Gasteiger partial charge in [0.1, 0.15) is 11.7 Å². The number of hydrogen-bond donors (Lipinski definition) is 2. The van der Waals surface area contributed by atoms with Gasteiger partial charge in [0.05, 0.1) is 0 Å². The second kappa shape index (κ2) is 3.32. The quantitative estimate of drug-likeness (QED) is 0.633. The van der Waals surface area contributed by atoms with Gasteiger partial charge in [0.2, 0.25) is 0 Å². The maximum absolute atomic E-state index is 7.67. The lowest BCUT2D eigenvalue weighted by Gasteiger charge is -2.31. The van der Waals surface area contributed by atoms with Gasteiger partial charge in [-0.3, -0.25) is 10.8 Å². The third-order valence-electron chi connectivity index (χ3n) is 2.86. The predicted octanol–water partition coefficient (Wildman–Crippen LogP) is 2.15. The smallest absolute Gasteiger partial charge is 0.126 e. The molecule has 0 unspecified atom stereocenters. The first-order chi connectivity index (χ1) is 6.29. The summed E-state index contributed by atoms with van der Waals surface area (Å²) in [6.07, 6.45) is 9.55. The molecule has 1 aliphatic heterocycles. The summed E-state index contributed by atoms with van der Waals surface area (Å²) in [7, 11) is 0. The molecule has 1 saturated carbocycles. The zero-order valence-corrected chi connectivity index (χ0v) is 7.71. The Bertz CT molecular complexity index is 243. The Morgan fingerprint density at radius 3 is 2.08 bits per heavy atom. The first-order valence-corrected chi connectivity index (χ1v) is 4.93. The van der Waals surface area contributed by atoms with Crippen LogP contribution < -0.4 is 0 Å². The third-order valence-corrected chi connectivity index (χ3v) is 2.86. The van der Waals surface area contributed by atoms with E-state index >= 15 is 0 Å². The summed E-state index contributed by atoms with van der Waals surface area (Å²) in [5.74, 6) is 0.994. The van der Waals surface area contributed by atoms with E-state index in [1.165, 1.54) is 19.3 Å². The van der Waals surface area contributed by atoms with E-state index in [-0.39, 0.29) is 0 Å². The van der Waals surface area contributed by atoms with Crippen molar-refractivity contribution in [3.63, 3.8) is 0 Å². The van der Waals surface area contributed by atoms with Crippen LogP contribution in [0, 0.1) is 10.8 Å². The molecule has 0 spiro atoms. The molecule has 2 N–H and O–H groups in total. The van der Waals surface area contributed by atoms with Crippen molar-refractivity contribution < 1.29 is 0 Å². The number of rotatable bonds is 1. The Morgan fingerprint density at radius 2 is 1.54 bits per heavy atom. The Kier molecular flexibility index (Phi) is 2.17. The Balaban J connectivity index is 2.07. The molecule has 0 bridgehead atoms. The van der Waals surface area contributed by atoms with E-state index in [4.69, 9.17) is 10.8 Å². The van der Waals surface area contributed by atoms with E-state index in [1.54, 1.807) is 12.2 Å². The van der Waals surface area contributed by atoms with Crippen LogP contribution in [0.15, 0.2) is 12.2 Å². The molecule has 2 aliphatic rings. The van der Waals surface area contributed by atoms with Gasteiger partial charge in [-0.05, 0) is 25.0 Å². The molecule has 13 heavy (non-hydrogen) atoms. The molecule has 3 nitrogen and oxygen atoms in total. The van der Waals surface area contributed by atoms with Crippen molar-refractivity contribution in [2.24, 2.45) is 0 Å². The Hall–Kier alpha value is -1.12. The fourth-order valence-electron chi connectivity index (χ4n) is 2.18. The summed E-state index contributed by atoms with van der Waals surface area (Å²) in [6.45, 7) is 0. The van der Waals surface area contributed by atoms with Gasteiger partial charge >= 0.3 is 0 Å². The molecule has 0 saturated heterocycles. The summed E-state index contributed by atoms with van der Waals surface area (Å²) in [5, 5.41) is 15.3. The summed E-state index contributed by atoms with van der Waals surface area (Å²) in [5.41, 5.74) is 0. The Morgan fingerprint density at radius 1 is 1.00 bits per heavy atom. The highest BCUT2D eigenvalue weighted by Gasteiger charge is 2.27. The zero-order valence-electron chi connectivity index (χ0n) is 7.71. The van der Waals surface area contributed by atoms with Crippen LogP contribution in [0.4, 0.5) is 0 Å². The third kappa shape index (κ3) is 1.50. The van der Waals surface area contributed by atoms with E-state index in [0.29, 0.717) is 17.7 Å². The molecule has 1 heterocycles. The molecule has 3 heteroatoms. The van der Waals surface area contributed by atoms with E-state index in [0.717, 1.165) is 12.8 Å². The Labute approximate surface area is 78.5 Å². The van der Waals surface area contributed by atoms with Gasteiger partial charge in [-0.15, -0.1) is 0 Å². The molecule has 0 aromatic rings. The highest BCUT2D eigenvalue weighted by molar-refractivity contribution is 6.15. The second-order valence-corrected chi connectivity index (χ2v) is 3.77. The van der Waals surface area contributed by atoms with Gasteiger partial charge in [-0.25, -0.2) is 0 Å². The lowest BCUT2D eigenvalue weighted by atomic mass is 9.94. The standard InChI is InChI=1S/C10H15N3/c11-9-6-7-10(12)13(9)8-4-2-1-3-5-8/h6-8,11-12H,1-5H2. The van der Waals surface area contributed by atoms with Crippen LogP contribution in [0.25, 0.3) is 0 Å². The molecule has 0 atom stereocenters. The zero-order chi connectivity index (χ0) is 9.26. The van der Waals surface area contributed by atoms with Crippen molar-refractivity contribution in [2.45, 2.75) is 38.1 Å². The van der Waals surface area contributed by atoms with Crippen LogP contribution in [0.5, 0.6) is 0 Å². The van der Waals surface area contributed by atoms with Crippen molar-refractivity contribution in [1.82, 2.24) is 4.90 Å². The largest absolute Gasteiger partial charge is 0.309 e. The van der Waals surface area contributed by atoms with Crippen LogP contribution in [0.3, 0.4) is 0 Å². The molecular weight excluding hydrogens is 162 g/mol. The normalized spacial score (nSPS) is 24.5. The van der Waals surface area contributed by atoms with Crippen LogP contribution in [-0.2, 0) is 0 Å². The molecule has 1 fully saturated rings. The molecule has 70 valence electrons. The number of nitrogens with one attached hydrogen (secondary N) is 2. The van der Waals surface area contributed by atoms with Gasteiger partial charge < -0.3 is 4.90 Å². The molecule has 0 aromatic carbocycles. The highest BCUT2D eigenvalue weighted by atomic mass is 15.2. The average Bonchev–Trinajstić information content (AvgIpc) is 2.48. The van der Waals surface area contributed by atoms with E-state index < -0.39 is 0 Å². The fraction of sp³-hybridized carbons (Fsp3) is 0.600. The lowest BCUT2D eigenvalue weighted by Crippen LogP contribution is -2.40. The van der Waals surface area contributed by atoms with Crippen molar-refractivity contribution in [2.75, 3.05) is 0 Å². The maximum Gasteiger partial charge on any atom is 0.126 e. The van der Waals surface area contributed by atoms with Gasteiger partial charge in [0.15, 0.2) is 0 Å². The predicted molar refractivity (Wildman–Crippen MR) is 53.3 cm³/mol. The average molecular weight is 177 g/mol. The molecule has 2 rings (SSSR count). The molecule has 0 aromatic heterocycles.